The molecule has 1 atom stereocenters. The SMILES string of the molecule is C=CCN1C(=O)[C@@H](CC(=O)Nc2ccc(CC)cc2)SC1=Nc1cccc(Cl)c1C. The molecule has 1 N–H and O–H groups in total. The zero-order chi connectivity index (χ0) is 21.7. The van der Waals surface area contributed by atoms with E-state index >= 15 is 0 Å². The van der Waals surface area contributed by atoms with Crippen molar-refractivity contribution in [1.82, 2.24) is 4.90 Å². The fourth-order valence-corrected chi connectivity index (χ4v) is 4.38. The molecule has 2 aromatic rings. The number of carbonyl (C=O) groups is 2. The average molecular weight is 442 g/mol. The molecule has 156 valence electrons. The van der Waals surface area contributed by atoms with Crippen molar-refractivity contribution in [2.45, 2.75) is 31.9 Å². The Bertz CT molecular complexity index is 988. The number of amides is 2. The summed E-state index contributed by atoms with van der Waals surface area (Å²) in [7, 11) is 0. The second-order valence-electron chi connectivity index (χ2n) is 6.93. The first-order valence-corrected chi connectivity index (χ1v) is 11.0. The molecule has 0 radical (unpaired) electrons. The van der Waals surface area contributed by atoms with E-state index in [1.54, 1.807) is 17.0 Å². The summed E-state index contributed by atoms with van der Waals surface area (Å²) in [6.45, 7) is 8.03. The standard InChI is InChI=1S/C23H24ClN3O2S/c1-4-13-27-22(29)20(14-21(28)25-17-11-9-16(5-2)10-12-17)30-23(27)26-19-8-6-7-18(24)15(19)3/h4,6-12,20H,1,5,13-14H2,2-3H3,(H,25,28)/t20-/m1/s1. The van der Waals surface area contributed by atoms with Gasteiger partial charge in [0.05, 0.1) is 5.69 Å². The molecule has 0 unspecified atom stereocenters. The highest BCUT2D eigenvalue weighted by Crippen LogP contribution is 2.34. The number of hydrogen-bond acceptors (Lipinski definition) is 4. The third kappa shape index (κ3) is 5.12. The molecular weight excluding hydrogens is 418 g/mol. The van der Waals surface area contributed by atoms with Crippen molar-refractivity contribution in [3.05, 3.63) is 71.3 Å². The second kappa shape index (κ2) is 9.96. The number of hydrogen-bond donors (Lipinski definition) is 1. The molecule has 0 spiro atoms. The van der Waals surface area contributed by atoms with Gasteiger partial charge in [-0.1, -0.05) is 54.6 Å². The van der Waals surface area contributed by atoms with Gasteiger partial charge in [0.1, 0.15) is 5.25 Å². The fraction of sp³-hybridized carbons (Fsp3) is 0.261. The number of rotatable bonds is 7. The first-order chi connectivity index (χ1) is 14.4. The molecule has 3 rings (SSSR count). The summed E-state index contributed by atoms with van der Waals surface area (Å²) in [5, 5.41) is 3.51. The molecule has 0 saturated carbocycles. The Morgan fingerprint density at radius 2 is 2.03 bits per heavy atom. The molecule has 0 aliphatic carbocycles. The van der Waals surface area contributed by atoms with Crippen LogP contribution in [0.25, 0.3) is 0 Å². The zero-order valence-electron chi connectivity index (χ0n) is 17.0. The minimum atomic E-state index is -0.530. The topological polar surface area (TPSA) is 61.8 Å². The first kappa shape index (κ1) is 22.1. The molecule has 5 nitrogen and oxygen atoms in total. The number of halogens is 1. The van der Waals surface area contributed by atoms with Crippen molar-refractivity contribution in [2.24, 2.45) is 4.99 Å². The van der Waals surface area contributed by atoms with E-state index in [1.807, 2.05) is 43.3 Å². The second-order valence-corrected chi connectivity index (χ2v) is 8.50. The van der Waals surface area contributed by atoms with E-state index in [9.17, 15) is 9.59 Å². The number of aliphatic imine (C=N–C) groups is 1. The minimum Gasteiger partial charge on any atom is -0.326 e. The van der Waals surface area contributed by atoms with Crippen molar-refractivity contribution in [3.8, 4) is 0 Å². The Morgan fingerprint density at radius 1 is 1.30 bits per heavy atom. The van der Waals surface area contributed by atoms with Gasteiger partial charge in [0.15, 0.2) is 5.17 Å². The maximum absolute atomic E-state index is 12.9. The van der Waals surface area contributed by atoms with Crippen LogP contribution in [0.3, 0.4) is 0 Å². The third-order valence-corrected chi connectivity index (χ3v) is 6.39. The number of nitrogens with zero attached hydrogens (tertiary/aromatic N) is 2. The van der Waals surface area contributed by atoms with Crippen LogP contribution in [-0.2, 0) is 16.0 Å². The number of amidine groups is 1. The van der Waals surface area contributed by atoms with Crippen molar-refractivity contribution in [1.29, 1.82) is 0 Å². The van der Waals surface area contributed by atoms with Gasteiger partial charge in [0, 0.05) is 23.7 Å². The van der Waals surface area contributed by atoms with Gasteiger partial charge >= 0.3 is 0 Å². The lowest BCUT2D eigenvalue weighted by molar-refractivity contribution is -0.127. The number of carbonyl (C=O) groups excluding carboxylic acids is 2. The largest absolute Gasteiger partial charge is 0.326 e. The van der Waals surface area contributed by atoms with Crippen LogP contribution in [-0.4, -0.2) is 33.7 Å². The van der Waals surface area contributed by atoms with E-state index in [4.69, 9.17) is 11.6 Å². The number of nitrogens with one attached hydrogen (secondary N) is 1. The Hall–Kier alpha value is -2.57. The molecule has 0 bridgehead atoms. The summed E-state index contributed by atoms with van der Waals surface area (Å²) < 4.78 is 0. The van der Waals surface area contributed by atoms with E-state index in [0.29, 0.717) is 22.4 Å². The van der Waals surface area contributed by atoms with Gasteiger partial charge in [-0.25, -0.2) is 4.99 Å². The molecule has 1 heterocycles. The highest BCUT2D eigenvalue weighted by molar-refractivity contribution is 8.15. The van der Waals surface area contributed by atoms with Crippen molar-refractivity contribution in [2.75, 3.05) is 11.9 Å². The molecule has 7 heteroatoms. The predicted molar refractivity (Wildman–Crippen MR) is 126 cm³/mol. The maximum Gasteiger partial charge on any atom is 0.242 e. The van der Waals surface area contributed by atoms with Crippen LogP contribution < -0.4 is 5.32 Å². The van der Waals surface area contributed by atoms with Crippen LogP contribution in [0.4, 0.5) is 11.4 Å². The summed E-state index contributed by atoms with van der Waals surface area (Å²) in [5.41, 5.74) is 3.47. The summed E-state index contributed by atoms with van der Waals surface area (Å²) in [6, 6.07) is 13.2. The van der Waals surface area contributed by atoms with Crippen LogP contribution in [0.1, 0.15) is 24.5 Å². The van der Waals surface area contributed by atoms with Gasteiger partial charge in [-0.2, -0.15) is 0 Å². The number of benzene rings is 2. The third-order valence-electron chi connectivity index (χ3n) is 4.80. The van der Waals surface area contributed by atoms with Crippen LogP contribution >= 0.6 is 23.4 Å². The van der Waals surface area contributed by atoms with Crippen LogP contribution in [0.15, 0.2) is 60.1 Å². The monoisotopic (exact) mass is 441 g/mol. The van der Waals surface area contributed by atoms with Gasteiger partial charge in [-0.15, -0.1) is 6.58 Å². The van der Waals surface area contributed by atoms with E-state index in [-0.39, 0.29) is 18.2 Å². The predicted octanol–water partition coefficient (Wildman–Crippen LogP) is 5.36. The van der Waals surface area contributed by atoms with Gasteiger partial charge in [-0.05, 0) is 48.7 Å². The maximum atomic E-state index is 12.9. The van der Waals surface area contributed by atoms with Crippen molar-refractivity contribution >= 4 is 51.7 Å². The van der Waals surface area contributed by atoms with Crippen LogP contribution in [0, 0.1) is 6.92 Å². The molecule has 30 heavy (non-hydrogen) atoms. The Kier molecular flexibility index (Phi) is 7.34. The minimum absolute atomic E-state index is 0.0697. The lowest BCUT2D eigenvalue weighted by Gasteiger charge is -2.14. The smallest absolute Gasteiger partial charge is 0.242 e. The molecule has 1 fully saturated rings. The van der Waals surface area contributed by atoms with E-state index in [0.717, 1.165) is 17.7 Å². The fourth-order valence-electron chi connectivity index (χ4n) is 3.05. The lowest BCUT2D eigenvalue weighted by Crippen LogP contribution is -2.33. The van der Waals surface area contributed by atoms with E-state index in [2.05, 4.69) is 23.8 Å². The normalized spacial score (nSPS) is 17.4. The van der Waals surface area contributed by atoms with Crippen molar-refractivity contribution < 1.29 is 9.59 Å². The molecule has 1 aliphatic heterocycles. The van der Waals surface area contributed by atoms with Gasteiger partial charge in [0.2, 0.25) is 11.8 Å². The van der Waals surface area contributed by atoms with Crippen LogP contribution in [0.2, 0.25) is 5.02 Å². The molecular formula is C23H24ClN3O2S. The molecule has 0 aromatic heterocycles. The quantitative estimate of drug-likeness (QED) is 0.588. The molecule has 1 aliphatic rings. The number of aryl methyl sites for hydroxylation is 1. The Balaban J connectivity index is 1.74. The molecule has 2 aromatic carbocycles. The van der Waals surface area contributed by atoms with E-state index < -0.39 is 5.25 Å². The van der Waals surface area contributed by atoms with Gasteiger partial charge in [0.25, 0.3) is 0 Å². The first-order valence-electron chi connectivity index (χ1n) is 9.74. The zero-order valence-corrected chi connectivity index (χ0v) is 18.6. The Morgan fingerprint density at radius 3 is 2.70 bits per heavy atom. The summed E-state index contributed by atoms with van der Waals surface area (Å²) in [5.74, 6) is -0.348. The summed E-state index contributed by atoms with van der Waals surface area (Å²) in [6.07, 6.45) is 2.66. The lowest BCUT2D eigenvalue weighted by atomic mass is 10.1. The summed E-state index contributed by atoms with van der Waals surface area (Å²) in [4.78, 5) is 31.6. The highest BCUT2D eigenvalue weighted by atomic mass is 35.5. The average Bonchev–Trinajstić information content (AvgIpc) is 3.01. The van der Waals surface area contributed by atoms with Crippen LogP contribution in [0.5, 0.6) is 0 Å². The Labute approximate surface area is 186 Å². The summed E-state index contributed by atoms with van der Waals surface area (Å²) >= 11 is 7.49. The molecule has 1 saturated heterocycles. The van der Waals surface area contributed by atoms with Gasteiger partial charge in [-0.3, -0.25) is 14.5 Å². The molecule has 2 amide bonds. The number of anilines is 1. The highest BCUT2D eigenvalue weighted by Gasteiger charge is 2.38. The number of thioether (sulfide) groups is 1. The van der Waals surface area contributed by atoms with E-state index in [1.165, 1.54) is 17.3 Å². The van der Waals surface area contributed by atoms with Crippen molar-refractivity contribution in [3.63, 3.8) is 0 Å². The van der Waals surface area contributed by atoms with Gasteiger partial charge < -0.3 is 5.32 Å².